The fraction of sp³-hybridized carbons (Fsp3) is 0.0952. The van der Waals surface area contributed by atoms with Crippen LogP contribution in [0.25, 0.3) is 0 Å². The number of nitro groups is 1. The van der Waals surface area contributed by atoms with E-state index in [9.17, 15) is 23.7 Å². The van der Waals surface area contributed by atoms with E-state index in [0.717, 1.165) is 18.2 Å². The highest BCUT2D eigenvalue weighted by Gasteiger charge is 2.17. The van der Waals surface area contributed by atoms with Crippen LogP contribution in [0, 0.1) is 21.7 Å². The molecule has 168 valence electrons. The summed E-state index contributed by atoms with van der Waals surface area (Å²) in [5.41, 5.74) is 0.497. The van der Waals surface area contributed by atoms with Crippen molar-refractivity contribution < 1.29 is 23.2 Å². The van der Waals surface area contributed by atoms with Crippen molar-refractivity contribution in [3.8, 4) is 5.75 Å². The Balaban J connectivity index is 1.37. The van der Waals surface area contributed by atoms with Gasteiger partial charge in [0.05, 0.1) is 23.4 Å². The number of anilines is 1. The van der Waals surface area contributed by atoms with Gasteiger partial charge in [0.25, 0.3) is 5.91 Å². The quantitative estimate of drug-likeness (QED) is 0.321. The Morgan fingerprint density at radius 2 is 1.97 bits per heavy atom. The summed E-state index contributed by atoms with van der Waals surface area (Å²) in [4.78, 5) is 22.8. The molecule has 4 aromatic rings. The number of nitrogens with zero attached hydrogens (tertiary/aromatic N) is 5. The lowest BCUT2D eigenvalue weighted by atomic mass is 10.2. The summed E-state index contributed by atoms with van der Waals surface area (Å²) in [6, 6.07) is 10.6. The molecule has 4 rings (SSSR count). The zero-order valence-electron chi connectivity index (χ0n) is 16.9. The van der Waals surface area contributed by atoms with Gasteiger partial charge >= 0.3 is 5.69 Å². The highest BCUT2D eigenvalue weighted by Crippen LogP contribution is 2.27. The van der Waals surface area contributed by atoms with Crippen molar-refractivity contribution in [1.82, 2.24) is 19.6 Å². The second-order valence-corrected chi connectivity index (χ2v) is 6.86. The Hall–Kier alpha value is -4.61. The summed E-state index contributed by atoms with van der Waals surface area (Å²) in [5, 5.41) is 21.8. The number of hydrogen-bond donors (Lipinski definition) is 1. The first kappa shape index (κ1) is 21.6. The normalized spacial score (nSPS) is 10.7. The summed E-state index contributed by atoms with van der Waals surface area (Å²) in [7, 11) is 0. The Kier molecular flexibility index (Phi) is 6.06. The van der Waals surface area contributed by atoms with Gasteiger partial charge in [-0.1, -0.05) is 18.2 Å². The molecule has 33 heavy (non-hydrogen) atoms. The summed E-state index contributed by atoms with van der Waals surface area (Å²) < 4.78 is 35.2. The van der Waals surface area contributed by atoms with Gasteiger partial charge in [-0.05, 0) is 18.2 Å². The van der Waals surface area contributed by atoms with Crippen molar-refractivity contribution >= 4 is 17.3 Å². The molecule has 2 aromatic carbocycles. The van der Waals surface area contributed by atoms with Gasteiger partial charge in [0.2, 0.25) is 5.75 Å². The monoisotopic (exact) mass is 454 g/mol. The number of carbonyl (C=O) groups is 1. The van der Waals surface area contributed by atoms with Crippen molar-refractivity contribution in [2.24, 2.45) is 0 Å². The van der Waals surface area contributed by atoms with Crippen molar-refractivity contribution in [1.29, 1.82) is 0 Å². The zero-order valence-corrected chi connectivity index (χ0v) is 16.9. The lowest BCUT2D eigenvalue weighted by Gasteiger charge is -2.07. The average Bonchev–Trinajstić information content (AvgIpc) is 3.43. The molecule has 0 unspecified atom stereocenters. The van der Waals surface area contributed by atoms with Crippen molar-refractivity contribution in [2.45, 2.75) is 13.3 Å². The molecule has 12 heteroatoms. The summed E-state index contributed by atoms with van der Waals surface area (Å²) in [5.74, 6) is -1.83. The molecule has 0 saturated carbocycles. The third-order valence-corrected chi connectivity index (χ3v) is 4.53. The smallest absolute Gasteiger partial charge is 0.311 e. The number of carbonyl (C=O) groups excluding carboxylic acids is 1. The van der Waals surface area contributed by atoms with E-state index in [1.165, 1.54) is 33.9 Å². The predicted octanol–water partition coefficient (Wildman–Crippen LogP) is 3.60. The number of ether oxygens (including phenoxy) is 1. The molecule has 10 nitrogen and oxygen atoms in total. The first-order valence-electron chi connectivity index (χ1n) is 9.56. The molecule has 0 spiro atoms. The summed E-state index contributed by atoms with van der Waals surface area (Å²) in [6.07, 6.45) is 4.40. The lowest BCUT2D eigenvalue weighted by molar-refractivity contribution is -0.386. The van der Waals surface area contributed by atoms with Crippen molar-refractivity contribution in [2.75, 3.05) is 5.32 Å². The lowest BCUT2D eigenvalue weighted by Crippen LogP contribution is -2.14. The molecule has 0 aliphatic carbocycles. The van der Waals surface area contributed by atoms with Crippen molar-refractivity contribution in [3.05, 3.63) is 100 Å². The largest absolute Gasteiger partial charge is 0.464 e. The van der Waals surface area contributed by atoms with Gasteiger partial charge in [-0.3, -0.25) is 19.6 Å². The third kappa shape index (κ3) is 5.18. The minimum Gasteiger partial charge on any atom is -0.464 e. The molecular weight excluding hydrogens is 438 g/mol. The standard InChI is InChI=1S/C21H16F2N6O4/c22-15-5-6-19(29(31)32)20(9-15)33-13-27-8-7-18(26-27)21(30)25-16-10-24-28(12-16)11-14-3-1-2-4-17(14)23/h1-10,12H,11,13H2,(H,25,30). The molecule has 0 aliphatic rings. The van der Waals surface area contributed by atoms with E-state index in [1.807, 2.05) is 0 Å². The summed E-state index contributed by atoms with van der Waals surface area (Å²) >= 11 is 0. The highest BCUT2D eigenvalue weighted by atomic mass is 19.1. The van der Waals surface area contributed by atoms with E-state index in [1.54, 1.807) is 24.4 Å². The third-order valence-electron chi connectivity index (χ3n) is 4.53. The minimum atomic E-state index is -0.691. The molecule has 1 amide bonds. The molecule has 0 radical (unpaired) electrons. The second-order valence-electron chi connectivity index (χ2n) is 6.86. The van der Waals surface area contributed by atoms with Crippen LogP contribution in [0.2, 0.25) is 0 Å². The maximum absolute atomic E-state index is 13.8. The number of benzene rings is 2. The van der Waals surface area contributed by atoms with Gasteiger partial charge in [0.1, 0.15) is 11.6 Å². The van der Waals surface area contributed by atoms with Gasteiger partial charge in [0.15, 0.2) is 12.4 Å². The molecule has 0 atom stereocenters. The molecule has 2 heterocycles. The minimum absolute atomic E-state index is 0.0502. The van der Waals surface area contributed by atoms with Crippen LogP contribution in [0.15, 0.2) is 67.1 Å². The number of nitro benzene ring substituents is 1. The number of halogens is 2. The maximum atomic E-state index is 13.8. The number of rotatable bonds is 8. The number of amides is 1. The maximum Gasteiger partial charge on any atom is 0.311 e. The molecule has 2 aromatic heterocycles. The SMILES string of the molecule is O=C(Nc1cnn(Cc2ccccc2F)c1)c1ccn(COc2cc(F)ccc2[N+](=O)[O-])n1. The van der Waals surface area contributed by atoms with Crippen LogP contribution in [0.3, 0.4) is 0 Å². The fourth-order valence-electron chi connectivity index (χ4n) is 2.96. The number of nitrogens with one attached hydrogen (secondary N) is 1. The van der Waals surface area contributed by atoms with E-state index in [0.29, 0.717) is 11.3 Å². The van der Waals surface area contributed by atoms with E-state index in [2.05, 4.69) is 15.5 Å². The highest BCUT2D eigenvalue weighted by molar-refractivity contribution is 6.02. The first-order chi connectivity index (χ1) is 15.9. The zero-order chi connectivity index (χ0) is 23.4. The van der Waals surface area contributed by atoms with Gasteiger partial charge in [0, 0.05) is 30.1 Å². The van der Waals surface area contributed by atoms with E-state index in [-0.39, 0.29) is 30.5 Å². The van der Waals surface area contributed by atoms with Crippen LogP contribution in [-0.2, 0) is 13.3 Å². The molecular formula is C21H16F2N6O4. The Labute approximate surface area is 185 Å². The molecule has 0 bridgehead atoms. The van der Waals surface area contributed by atoms with Crippen LogP contribution in [0.5, 0.6) is 5.75 Å². The van der Waals surface area contributed by atoms with Crippen molar-refractivity contribution in [3.63, 3.8) is 0 Å². The van der Waals surface area contributed by atoms with Crippen LogP contribution in [0.1, 0.15) is 16.1 Å². The predicted molar refractivity (Wildman–Crippen MR) is 112 cm³/mol. The Morgan fingerprint density at radius 1 is 1.15 bits per heavy atom. The van der Waals surface area contributed by atoms with Gasteiger partial charge < -0.3 is 10.1 Å². The van der Waals surface area contributed by atoms with E-state index in [4.69, 9.17) is 4.74 Å². The fourth-order valence-corrected chi connectivity index (χ4v) is 2.96. The number of hydrogen-bond acceptors (Lipinski definition) is 6. The number of aromatic nitrogens is 4. The second kappa shape index (κ2) is 9.26. The Bertz CT molecular complexity index is 1320. The summed E-state index contributed by atoms with van der Waals surface area (Å²) in [6.45, 7) is -0.0845. The molecule has 1 N–H and O–H groups in total. The van der Waals surface area contributed by atoms with Crippen LogP contribution >= 0.6 is 0 Å². The average molecular weight is 454 g/mol. The van der Waals surface area contributed by atoms with Gasteiger partial charge in [-0.2, -0.15) is 10.2 Å². The Morgan fingerprint density at radius 3 is 2.76 bits per heavy atom. The van der Waals surface area contributed by atoms with Gasteiger partial charge in [-0.25, -0.2) is 13.5 Å². The molecule has 0 saturated heterocycles. The van der Waals surface area contributed by atoms with E-state index >= 15 is 0 Å². The molecule has 0 fully saturated rings. The topological polar surface area (TPSA) is 117 Å². The molecule has 0 aliphatic heterocycles. The van der Waals surface area contributed by atoms with E-state index < -0.39 is 22.3 Å². The van der Waals surface area contributed by atoms with Crippen LogP contribution in [0.4, 0.5) is 20.2 Å². The first-order valence-corrected chi connectivity index (χ1v) is 9.56. The van der Waals surface area contributed by atoms with Crippen LogP contribution < -0.4 is 10.1 Å². The van der Waals surface area contributed by atoms with Gasteiger partial charge in [-0.15, -0.1) is 0 Å². The van der Waals surface area contributed by atoms with Crippen LogP contribution in [-0.4, -0.2) is 30.4 Å².